The first-order chi connectivity index (χ1) is 7.36. The van der Waals surface area contributed by atoms with Crippen molar-refractivity contribution in [3.8, 4) is 0 Å². The van der Waals surface area contributed by atoms with E-state index in [1.807, 2.05) is 24.0 Å². The Labute approximate surface area is 90.6 Å². The summed E-state index contributed by atoms with van der Waals surface area (Å²) >= 11 is 0. The van der Waals surface area contributed by atoms with Gasteiger partial charge in [0, 0.05) is 31.9 Å². The van der Waals surface area contributed by atoms with E-state index >= 15 is 0 Å². The molecule has 0 bridgehead atoms. The van der Waals surface area contributed by atoms with E-state index in [2.05, 4.69) is 10.4 Å². The predicted octanol–water partition coefficient (Wildman–Crippen LogP) is 0.731. The molecule has 1 N–H and O–H groups in total. The van der Waals surface area contributed by atoms with Gasteiger partial charge in [0.1, 0.15) is 0 Å². The molecule has 1 aliphatic rings. The number of aryl methyl sites for hydroxylation is 1. The van der Waals surface area contributed by atoms with Crippen LogP contribution < -0.4 is 5.32 Å². The Morgan fingerprint density at radius 1 is 1.67 bits per heavy atom. The van der Waals surface area contributed by atoms with E-state index in [1.54, 1.807) is 0 Å². The predicted molar refractivity (Wildman–Crippen MR) is 58.8 cm³/mol. The molecule has 2 heterocycles. The minimum absolute atomic E-state index is 0.409. The molecule has 1 aromatic heterocycles. The topological polar surface area (TPSA) is 39.1 Å². The Bertz CT molecular complexity index is 292. The summed E-state index contributed by atoms with van der Waals surface area (Å²) in [5, 5.41) is 7.48. The van der Waals surface area contributed by atoms with Gasteiger partial charge in [-0.05, 0) is 25.5 Å². The zero-order valence-corrected chi connectivity index (χ0v) is 9.28. The molecule has 1 aromatic rings. The maximum absolute atomic E-state index is 5.81. The molecule has 0 spiro atoms. The number of piperidine rings is 1. The highest BCUT2D eigenvalue weighted by Crippen LogP contribution is 2.07. The molecule has 1 unspecified atom stereocenters. The number of hydrogen-bond acceptors (Lipinski definition) is 3. The monoisotopic (exact) mass is 209 g/mol. The molecule has 4 heteroatoms. The third-order valence-electron chi connectivity index (χ3n) is 2.89. The molecule has 1 fully saturated rings. The van der Waals surface area contributed by atoms with E-state index < -0.39 is 0 Å². The van der Waals surface area contributed by atoms with E-state index in [9.17, 15) is 0 Å². The van der Waals surface area contributed by atoms with Gasteiger partial charge in [-0.15, -0.1) is 0 Å². The standard InChI is InChI=1S/C11H19N3O/c1-14-10(4-7-13-14)5-8-15-11-3-2-6-12-9-11/h4,7,11-12H,2-3,5-6,8-9H2,1H3. The van der Waals surface area contributed by atoms with Gasteiger partial charge in [-0.3, -0.25) is 4.68 Å². The van der Waals surface area contributed by atoms with Crippen LogP contribution in [0.15, 0.2) is 12.3 Å². The lowest BCUT2D eigenvalue weighted by Crippen LogP contribution is -2.35. The largest absolute Gasteiger partial charge is 0.376 e. The molecule has 0 aliphatic carbocycles. The van der Waals surface area contributed by atoms with E-state index in [0.717, 1.165) is 26.1 Å². The van der Waals surface area contributed by atoms with Crippen molar-refractivity contribution in [2.75, 3.05) is 19.7 Å². The highest BCUT2D eigenvalue weighted by Gasteiger charge is 2.12. The van der Waals surface area contributed by atoms with Crippen LogP contribution in [0.4, 0.5) is 0 Å². The molecule has 0 saturated carbocycles. The molecule has 1 saturated heterocycles. The number of hydrogen-bond donors (Lipinski definition) is 1. The third-order valence-corrected chi connectivity index (χ3v) is 2.89. The van der Waals surface area contributed by atoms with Gasteiger partial charge in [0.05, 0.1) is 12.7 Å². The van der Waals surface area contributed by atoms with E-state index in [1.165, 1.54) is 18.5 Å². The first-order valence-electron chi connectivity index (χ1n) is 5.65. The fourth-order valence-electron chi connectivity index (χ4n) is 1.94. The van der Waals surface area contributed by atoms with Crippen LogP contribution >= 0.6 is 0 Å². The third kappa shape index (κ3) is 3.04. The molecule has 2 rings (SSSR count). The second-order valence-corrected chi connectivity index (χ2v) is 4.04. The molecule has 84 valence electrons. The smallest absolute Gasteiger partial charge is 0.0700 e. The van der Waals surface area contributed by atoms with Crippen molar-refractivity contribution in [2.24, 2.45) is 7.05 Å². The second kappa shape index (κ2) is 5.28. The summed E-state index contributed by atoms with van der Waals surface area (Å²) in [6.45, 7) is 2.94. The number of ether oxygens (including phenoxy) is 1. The molecule has 15 heavy (non-hydrogen) atoms. The van der Waals surface area contributed by atoms with Crippen LogP contribution in [0.5, 0.6) is 0 Å². The SMILES string of the molecule is Cn1nccc1CCOC1CCCNC1. The Kier molecular flexibility index (Phi) is 3.75. The summed E-state index contributed by atoms with van der Waals surface area (Å²) in [7, 11) is 1.97. The van der Waals surface area contributed by atoms with Crippen LogP contribution in [0.3, 0.4) is 0 Å². The second-order valence-electron chi connectivity index (χ2n) is 4.04. The molecule has 0 radical (unpaired) electrons. The van der Waals surface area contributed by atoms with Crippen molar-refractivity contribution in [3.63, 3.8) is 0 Å². The van der Waals surface area contributed by atoms with E-state index in [4.69, 9.17) is 4.74 Å². The lowest BCUT2D eigenvalue weighted by molar-refractivity contribution is 0.0383. The lowest BCUT2D eigenvalue weighted by atomic mass is 10.1. The number of nitrogens with zero attached hydrogens (tertiary/aromatic N) is 2. The first kappa shape index (κ1) is 10.6. The average Bonchev–Trinajstić information content (AvgIpc) is 2.66. The average molecular weight is 209 g/mol. The van der Waals surface area contributed by atoms with Gasteiger partial charge in [-0.25, -0.2) is 0 Å². The van der Waals surface area contributed by atoms with Crippen LogP contribution in [0.2, 0.25) is 0 Å². The van der Waals surface area contributed by atoms with Crippen molar-refractivity contribution < 1.29 is 4.74 Å². The van der Waals surface area contributed by atoms with Crippen LogP contribution in [0, 0.1) is 0 Å². The Hall–Kier alpha value is -0.870. The molecule has 0 aromatic carbocycles. The molecule has 0 amide bonds. The maximum Gasteiger partial charge on any atom is 0.0700 e. The molecule has 1 aliphatic heterocycles. The molecular weight excluding hydrogens is 190 g/mol. The minimum atomic E-state index is 0.409. The van der Waals surface area contributed by atoms with Crippen molar-refractivity contribution in [2.45, 2.75) is 25.4 Å². The van der Waals surface area contributed by atoms with Gasteiger partial charge in [-0.2, -0.15) is 5.10 Å². The zero-order valence-electron chi connectivity index (χ0n) is 9.28. The zero-order chi connectivity index (χ0) is 10.5. The fraction of sp³-hybridized carbons (Fsp3) is 0.727. The summed E-state index contributed by atoms with van der Waals surface area (Å²) in [6.07, 6.45) is 5.62. The Balaban J connectivity index is 1.68. The van der Waals surface area contributed by atoms with Crippen molar-refractivity contribution in [1.82, 2.24) is 15.1 Å². The Morgan fingerprint density at radius 3 is 3.27 bits per heavy atom. The summed E-state index contributed by atoms with van der Waals surface area (Å²) in [5.41, 5.74) is 1.23. The fourth-order valence-corrected chi connectivity index (χ4v) is 1.94. The maximum atomic E-state index is 5.81. The van der Waals surface area contributed by atoms with Crippen LogP contribution in [-0.2, 0) is 18.2 Å². The first-order valence-corrected chi connectivity index (χ1v) is 5.65. The minimum Gasteiger partial charge on any atom is -0.376 e. The highest BCUT2D eigenvalue weighted by molar-refractivity contribution is 4.99. The van der Waals surface area contributed by atoms with Gasteiger partial charge >= 0.3 is 0 Å². The van der Waals surface area contributed by atoms with Crippen molar-refractivity contribution in [3.05, 3.63) is 18.0 Å². The summed E-state index contributed by atoms with van der Waals surface area (Å²) in [6, 6.07) is 2.04. The lowest BCUT2D eigenvalue weighted by Gasteiger charge is -2.22. The normalized spacial score (nSPS) is 21.8. The summed E-state index contributed by atoms with van der Waals surface area (Å²) in [4.78, 5) is 0. The van der Waals surface area contributed by atoms with Crippen molar-refractivity contribution in [1.29, 1.82) is 0 Å². The van der Waals surface area contributed by atoms with Gasteiger partial charge in [0.15, 0.2) is 0 Å². The highest BCUT2D eigenvalue weighted by atomic mass is 16.5. The van der Waals surface area contributed by atoms with Crippen LogP contribution in [0.25, 0.3) is 0 Å². The van der Waals surface area contributed by atoms with Gasteiger partial charge in [0.25, 0.3) is 0 Å². The van der Waals surface area contributed by atoms with E-state index in [-0.39, 0.29) is 0 Å². The number of rotatable bonds is 4. The molecular formula is C11H19N3O. The van der Waals surface area contributed by atoms with Crippen molar-refractivity contribution >= 4 is 0 Å². The van der Waals surface area contributed by atoms with Gasteiger partial charge < -0.3 is 10.1 Å². The number of aromatic nitrogens is 2. The van der Waals surface area contributed by atoms with Crippen LogP contribution in [0.1, 0.15) is 18.5 Å². The van der Waals surface area contributed by atoms with Crippen LogP contribution in [-0.4, -0.2) is 35.6 Å². The summed E-state index contributed by atoms with van der Waals surface area (Å²) in [5.74, 6) is 0. The molecule has 1 atom stereocenters. The van der Waals surface area contributed by atoms with E-state index in [0.29, 0.717) is 6.10 Å². The molecule has 4 nitrogen and oxygen atoms in total. The summed E-state index contributed by atoms with van der Waals surface area (Å²) < 4.78 is 7.71. The van der Waals surface area contributed by atoms with Gasteiger partial charge in [-0.1, -0.05) is 0 Å². The van der Waals surface area contributed by atoms with Gasteiger partial charge in [0.2, 0.25) is 0 Å². The number of nitrogens with one attached hydrogen (secondary N) is 1. The quantitative estimate of drug-likeness (QED) is 0.794. The Morgan fingerprint density at radius 2 is 2.60 bits per heavy atom.